The van der Waals surface area contributed by atoms with E-state index in [1.807, 2.05) is 25.1 Å². The summed E-state index contributed by atoms with van der Waals surface area (Å²) in [5.41, 5.74) is 0. The molecule has 0 saturated heterocycles. The number of hydrogen-bond donors (Lipinski definition) is 0. The normalized spacial score (nSPS) is 12.7. The Morgan fingerprint density at radius 2 is 1.17 bits per heavy atom. The van der Waals surface area contributed by atoms with Crippen LogP contribution in [0.2, 0.25) is 0 Å². The molecule has 0 aromatic heterocycles. The van der Waals surface area contributed by atoms with Crippen molar-refractivity contribution in [3.8, 4) is 0 Å². The van der Waals surface area contributed by atoms with Crippen LogP contribution >= 0.6 is 17.2 Å². The molecule has 0 unspecified atom stereocenters. The first-order valence-electron chi connectivity index (χ1n) is 10.1. The molecular weight excluding hydrogens is 399 g/mol. The van der Waals surface area contributed by atoms with E-state index in [0.29, 0.717) is 13.0 Å². The number of rotatable bonds is 9. The van der Waals surface area contributed by atoms with Crippen molar-refractivity contribution >= 4 is 39.1 Å². The van der Waals surface area contributed by atoms with E-state index in [9.17, 15) is 4.79 Å². The Labute approximate surface area is 178 Å². The van der Waals surface area contributed by atoms with Crippen LogP contribution < -0.4 is 15.9 Å². The van der Waals surface area contributed by atoms with Crippen LogP contribution in [-0.4, -0.2) is 18.7 Å². The Bertz CT molecular complexity index is 814. The molecule has 4 heteroatoms. The number of hydrogen-bond acceptors (Lipinski definition) is 2. The van der Waals surface area contributed by atoms with Crippen LogP contribution in [0.1, 0.15) is 26.2 Å². The summed E-state index contributed by atoms with van der Waals surface area (Å²) in [5.74, 6) is -3.34. The van der Waals surface area contributed by atoms with Crippen LogP contribution in [-0.2, 0) is 9.53 Å². The zero-order valence-corrected chi connectivity index (χ0v) is 18.5. The molecule has 0 N–H and O–H groups in total. The zero-order valence-electron chi connectivity index (χ0n) is 16.8. The van der Waals surface area contributed by atoms with Gasteiger partial charge in [-0.25, -0.2) is 0 Å². The quantitative estimate of drug-likeness (QED) is 0.260. The van der Waals surface area contributed by atoms with Crippen molar-refractivity contribution in [1.82, 2.24) is 0 Å². The molecule has 0 aliphatic carbocycles. The second-order valence-corrected chi connectivity index (χ2v) is 13.8. The van der Waals surface area contributed by atoms with Crippen LogP contribution in [0.3, 0.4) is 0 Å². The van der Waals surface area contributed by atoms with E-state index in [4.69, 9.17) is 16.0 Å². The minimum absolute atomic E-state index is 0.137. The monoisotopic (exact) mass is 426 g/mol. The number of carbonyl (C=O) groups is 1. The molecule has 0 bridgehead atoms. The van der Waals surface area contributed by atoms with E-state index in [0.717, 1.165) is 34.9 Å². The van der Waals surface area contributed by atoms with Gasteiger partial charge in [-0.05, 0) is 0 Å². The SMILES string of the molecule is CCOC(=O)CCCCP(Cl)(c1ccccc1)(c1ccccc1)c1ccccc1. The Balaban J connectivity index is 2.08. The molecule has 0 aliphatic heterocycles. The van der Waals surface area contributed by atoms with Gasteiger partial charge in [-0.15, -0.1) is 0 Å². The van der Waals surface area contributed by atoms with Gasteiger partial charge in [-0.2, -0.15) is 0 Å². The van der Waals surface area contributed by atoms with E-state index in [-0.39, 0.29) is 5.97 Å². The van der Waals surface area contributed by atoms with Crippen LogP contribution in [0.5, 0.6) is 0 Å². The van der Waals surface area contributed by atoms with Gasteiger partial charge in [-0.3, -0.25) is 0 Å². The van der Waals surface area contributed by atoms with Gasteiger partial charge in [-0.1, -0.05) is 0 Å². The molecule has 0 atom stereocenters. The summed E-state index contributed by atoms with van der Waals surface area (Å²) in [7, 11) is 0. The van der Waals surface area contributed by atoms with Gasteiger partial charge in [0.15, 0.2) is 0 Å². The van der Waals surface area contributed by atoms with Crippen molar-refractivity contribution in [2.75, 3.05) is 12.8 Å². The van der Waals surface area contributed by atoms with Gasteiger partial charge in [0.2, 0.25) is 0 Å². The number of benzene rings is 3. The number of esters is 1. The summed E-state index contributed by atoms with van der Waals surface area (Å²) in [6.45, 7) is 2.26. The molecule has 0 saturated carbocycles. The van der Waals surface area contributed by atoms with Crippen LogP contribution in [0.15, 0.2) is 91.0 Å². The predicted molar refractivity (Wildman–Crippen MR) is 126 cm³/mol. The fourth-order valence-electron chi connectivity index (χ4n) is 3.96. The molecule has 2 nitrogen and oxygen atoms in total. The molecule has 3 rings (SSSR count). The van der Waals surface area contributed by atoms with Crippen molar-refractivity contribution in [2.45, 2.75) is 26.2 Å². The maximum absolute atomic E-state index is 11.8. The maximum atomic E-state index is 11.8. The molecule has 3 aromatic carbocycles. The standard InChI is InChI=1S/C25H28ClO2P/c1-2-28-25(27)20-12-13-21-29(26,22-14-6-3-7-15-22,23-16-8-4-9-17-23)24-18-10-5-11-19-24/h3-11,14-19H,2,12-13,20-21H2,1H3. The predicted octanol–water partition coefficient (Wildman–Crippen LogP) is 5.40. The Morgan fingerprint density at radius 1 is 0.759 bits per heavy atom. The number of ether oxygens (including phenoxy) is 1. The third kappa shape index (κ3) is 4.39. The summed E-state index contributed by atoms with van der Waals surface area (Å²) in [6, 6.07) is 31.3. The summed E-state index contributed by atoms with van der Waals surface area (Å²) >= 11 is 7.96. The van der Waals surface area contributed by atoms with Gasteiger partial charge in [0.1, 0.15) is 0 Å². The first-order chi connectivity index (χ1) is 14.1. The van der Waals surface area contributed by atoms with E-state index < -0.39 is 5.96 Å². The van der Waals surface area contributed by atoms with E-state index in [1.54, 1.807) is 0 Å². The average Bonchev–Trinajstić information content (AvgIpc) is 2.79. The topological polar surface area (TPSA) is 26.3 Å². The molecule has 0 fully saturated rings. The van der Waals surface area contributed by atoms with E-state index in [1.165, 1.54) is 0 Å². The second kappa shape index (κ2) is 9.57. The van der Waals surface area contributed by atoms with E-state index in [2.05, 4.69) is 72.8 Å². The molecule has 0 spiro atoms. The Kier molecular flexibility index (Phi) is 7.11. The molecule has 0 heterocycles. The van der Waals surface area contributed by atoms with Crippen molar-refractivity contribution < 1.29 is 9.53 Å². The summed E-state index contributed by atoms with van der Waals surface area (Å²) in [6.07, 6.45) is 2.83. The van der Waals surface area contributed by atoms with Crippen LogP contribution in [0.25, 0.3) is 0 Å². The third-order valence-electron chi connectivity index (χ3n) is 5.40. The Hall–Kier alpha value is -2.15. The summed E-state index contributed by atoms with van der Waals surface area (Å²) < 4.78 is 5.09. The van der Waals surface area contributed by atoms with Crippen molar-refractivity contribution in [1.29, 1.82) is 0 Å². The first kappa shape index (κ1) is 21.6. The molecular formula is C25H28ClO2P. The first-order valence-corrected chi connectivity index (χ1v) is 13.5. The molecule has 0 radical (unpaired) electrons. The molecule has 152 valence electrons. The van der Waals surface area contributed by atoms with Gasteiger partial charge in [0.25, 0.3) is 0 Å². The number of unbranched alkanes of at least 4 members (excludes halogenated alkanes) is 1. The number of halogens is 1. The zero-order chi connectivity index (χ0) is 20.6. The van der Waals surface area contributed by atoms with Crippen LogP contribution in [0, 0.1) is 0 Å². The van der Waals surface area contributed by atoms with Crippen molar-refractivity contribution in [2.24, 2.45) is 0 Å². The van der Waals surface area contributed by atoms with E-state index >= 15 is 0 Å². The van der Waals surface area contributed by atoms with Gasteiger partial charge in [0.05, 0.1) is 0 Å². The van der Waals surface area contributed by atoms with Gasteiger partial charge < -0.3 is 0 Å². The number of carbonyl (C=O) groups excluding carboxylic acids is 1. The fourth-order valence-corrected chi connectivity index (χ4v) is 10.2. The van der Waals surface area contributed by atoms with Gasteiger partial charge >= 0.3 is 179 Å². The molecule has 29 heavy (non-hydrogen) atoms. The van der Waals surface area contributed by atoms with Crippen LogP contribution in [0.4, 0.5) is 0 Å². The minimum atomic E-state index is -3.21. The Morgan fingerprint density at radius 3 is 1.55 bits per heavy atom. The van der Waals surface area contributed by atoms with Gasteiger partial charge in [0, 0.05) is 0 Å². The molecule has 3 aromatic rings. The van der Waals surface area contributed by atoms with Crippen molar-refractivity contribution in [3.63, 3.8) is 0 Å². The summed E-state index contributed by atoms with van der Waals surface area (Å²) in [4.78, 5) is 11.8. The fraction of sp³-hybridized carbons (Fsp3) is 0.240. The average molecular weight is 427 g/mol. The molecule has 0 amide bonds. The summed E-state index contributed by atoms with van der Waals surface area (Å²) in [5, 5.41) is 3.48. The second-order valence-electron chi connectivity index (χ2n) is 7.18. The van der Waals surface area contributed by atoms with Crippen molar-refractivity contribution in [3.05, 3.63) is 91.0 Å². The third-order valence-corrected chi connectivity index (χ3v) is 12.9. The molecule has 0 aliphatic rings.